The molecule has 0 heterocycles. The Kier molecular flexibility index (Phi) is 5.28. The van der Waals surface area contributed by atoms with Gasteiger partial charge in [-0.1, -0.05) is 25.7 Å². The van der Waals surface area contributed by atoms with Gasteiger partial charge in [-0.3, -0.25) is 0 Å². The summed E-state index contributed by atoms with van der Waals surface area (Å²) in [6.07, 6.45) is 5.52. The minimum Gasteiger partial charge on any atom is -0.311 e. The van der Waals surface area contributed by atoms with Gasteiger partial charge in [0.15, 0.2) is 0 Å². The van der Waals surface area contributed by atoms with E-state index in [2.05, 4.69) is 5.32 Å². The third-order valence-corrected chi connectivity index (χ3v) is 2.74. The number of hydrogen-bond acceptors (Lipinski definition) is 1. The van der Waals surface area contributed by atoms with Gasteiger partial charge in [-0.2, -0.15) is 0 Å². The Morgan fingerprint density at radius 3 is 2.54 bits per heavy atom. The molecule has 0 amide bonds. The molecule has 0 atom stereocenters. The highest BCUT2D eigenvalue weighted by Gasteiger charge is 2.13. The Hall–Kier alpha value is -0.180. The van der Waals surface area contributed by atoms with E-state index in [1.54, 1.807) is 0 Å². The number of alkyl halides is 2. The van der Waals surface area contributed by atoms with Crippen molar-refractivity contribution in [2.24, 2.45) is 5.92 Å². The molecular weight excluding hydrogens is 172 g/mol. The summed E-state index contributed by atoms with van der Waals surface area (Å²) in [6, 6.07) is 0. The Balaban J connectivity index is 1.83. The van der Waals surface area contributed by atoms with E-state index in [0.717, 1.165) is 18.9 Å². The number of halogens is 2. The molecule has 1 N–H and O–H groups in total. The third-order valence-electron chi connectivity index (χ3n) is 2.74. The van der Waals surface area contributed by atoms with E-state index < -0.39 is 6.43 Å². The molecule has 1 saturated carbocycles. The fourth-order valence-electron chi connectivity index (χ4n) is 2.03. The van der Waals surface area contributed by atoms with Crippen molar-refractivity contribution in [1.29, 1.82) is 0 Å². The van der Waals surface area contributed by atoms with Gasteiger partial charge in [-0.25, -0.2) is 8.78 Å². The van der Waals surface area contributed by atoms with Gasteiger partial charge in [-0.05, 0) is 25.3 Å². The number of hydrogen-bond donors (Lipinski definition) is 1. The summed E-state index contributed by atoms with van der Waals surface area (Å²) in [7, 11) is 0. The SMILES string of the molecule is FC(F)CNCCCC1CCCC1. The fraction of sp³-hybridized carbons (Fsp3) is 1.00. The summed E-state index contributed by atoms with van der Waals surface area (Å²) in [4.78, 5) is 0. The van der Waals surface area contributed by atoms with Crippen molar-refractivity contribution in [3.63, 3.8) is 0 Å². The lowest BCUT2D eigenvalue weighted by molar-refractivity contribution is 0.146. The van der Waals surface area contributed by atoms with Crippen LogP contribution in [0.5, 0.6) is 0 Å². The minimum absolute atomic E-state index is 0.148. The predicted molar refractivity (Wildman–Crippen MR) is 50.1 cm³/mol. The zero-order valence-electron chi connectivity index (χ0n) is 8.07. The fourth-order valence-corrected chi connectivity index (χ4v) is 2.03. The van der Waals surface area contributed by atoms with Crippen molar-refractivity contribution in [3.05, 3.63) is 0 Å². The van der Waals surface area contributed by atoms with Crippen molar-refractivity contribution in [3.8, 4) is 0 Å². The smallest absolute Gasteiger partial charge is 0.250 e. The van der Waals surface area contributed by atoms with Crippen LogP contribution < -0.4 is 5.32 Å². The van der Waals surface area contributed by atoms with Crippen LogP contribution in [-0.4, -0.2) is 19.5 Å². The average molecular weight is 191 g/mol. The van der Waals surface area contributed by atoms with Crippen molar-refractivity contribution < 1.29 is 8.78 Å². The second-order valence-electron chi connectivity index (χ2n) is 3.89. The third kappa shape index (κ3) is 5.19. The van der Waals surface area contributed by atoms with Gasteiger partial charge in [0.1, 0.15) is 0 Å². The van der Waals surface area contributed by atoms with Crippen LogP contribution in [0, 0.1) is 5.92 Å². The van der Waals surface area contributed by atoms with E-state index in [-0.39, 0.29) is 6.54 Å². The molecule has 0 aliphatic heterocycles. The van der Waals surface area contributed by atoms with E-state index in [9.17, 15) is 8.78 Å². The highest BCUT2D eigenvalue weighted by Crippen LogP contribution is 2.28. The van der Waals surface area contributed by atoms with Crippen LogP contribution in [-0.2, 0) is 0 Å². The summed E-state index contributed by atoms with van der Waals surface area (Å²) < 4.78 is 23.4. The van der Waals surface area contributed by atoms with Gasteiger partial charge in [0.2, 0.25) is 0 Å². The second kappa shape index (κ2) is 6.30. The molecule has 0 aromatic heterocycles. The standard InChI is InChI=1S/C10H19F2N/c11-10(12)8-13-7-3-6-9-4-1-2-5-9/h9-10,13H,1-8H2. The molecule has 0 saturated heterocycles. The van der Waals surface area contributed by atoms with Crippen LogP contribution in [0.4, 0.5) is 8.78 Å². The van der Waals surface area contributed by atoms with Crippen molar-refractivity contribution in [2.45, 2.75) is 45.0 Å². The molecule has 0 bridgehead atoms. The summed E-state index contributed by atoms with van der Waals surface area (Å²) in [6.45, 7) is 0.603. The van der Waals surface area contributed by atoms with E-state index >= 15 is 0 Å². The first kappa shape index (κ1) is 10.9. The van der Waals surface area contributed by atoms with Crippen LogP contribution >= 0.6 is 0 Å². The van der Waals surface area contributed by atoms with Crippen LogP contribution in [0.3, 0.4) is 0 Å². The topological polar surface area (TPSA) is 12.0 Å². The number of nitrogens with one attached hydrogen (secondary N) is 1. The molecule has 13 heavy (non-hydrogen) atoms. The molecule has 1 aliphatic carbocycles. The van der Waals surface area contributed by atoms with Gasteiger partial charge in [-0.15, -0.1) is 0 Å². The maximum absolute atomic E-state index is 11.7. The lowest BCUT2D eigenvalue weighted by Gasteiger charge is -2.08. The van der Waals surface area contributed by atoms with Crippen molar-refractivity contribution in [2.75, 3.05) is 13.1 Å². The highest BCUT2D eigenvalue weighted by molar-refractivity contribution is 4.67. The molecule has 0 spiro atoms. The van der Waals surface area contributed by atoms with Crippen molar-refractivity contribution in [1.82, 2.24) is 5.32 Å². The summed E-state index contributed by atoms with van der Waals surface area (Å²) in [5.74, 6) is 0.883. The van der Waals surface area contributed by atoms with Gasteiger partial charge < -0.3 is 5.32 Å². The average Bonchev–Trinajstić information content (AvgIpc) is 2.55. The molecule has 1 rings (SSSR count). The van der Waals surface area contributed by atoms with E-state index in [0.29, 0.717) is 0 Å². The molecule has 1 fully saturated rings. The van der Waals surface area contributed by atoms with E-state index in [1.807, 2.05) is 0 Å². The zero-order chi connectivity index (χ0) is 9.52. The Morgan fingerprint density at radius 2 is 1.92 bits per heavy atom. The van der Waals surface area contributed by atoms with Crippen LogP contribution in [0.25, 0.3) is 0 Å². The van der Waals surface area contributed by atoms with Gasteiger partial charge >= 0.3 is 0 Å². The maximum atomic E-state index is 11.7. The molecule has 0 aromatic rings. The van der Waals surface area contributed by atoms with E-state index in [4.69, 9.17) is 0 Å². The summed E-state index contributed by atoms with van der Waals surface area (Å²) in [5, 5.41) is 2.76. The molecule has 0 aromatic carbocycles. The molecular formula is C10H19F2N. The first-order chi connectivity index (χ1) is 6.29. The zero-order valence-corrected chi connectivity index (χ0v) is 8.07. The van der Waals surface area contributed by atoms with Crippen LogP contribution in [0.1, 0.15) is 38.5 Å². The Morgan fingerprint density at radius 1 is 1.23 bits per heavy atom. The molecule has 0 radical (unpaired) electrons. The summed E-state index contributed by atoms with van der Waals surface area (Å²) >= 11 is 0. The van der Waals surface area contributed by atoms with Gasteiger partial charge in [0, 0.05) is 0 Å². The lowest BCUT2D eigenvalue weighted by Crippen LogP contribution is -2.22. The molecule has 78 valence electrons. The monoisotopic (exact) mass is 191 g/mol. The highest BCUT2D eigenvalue weighted by atomic mass is 19.3. The first-order valence-electron chi connectivity index (χ1n) is 5.28. The lowest BCUT2D eigenvalue weighted by atomic mass is 10.0. The molecule has 3 heteroatoms. The van der Waals surface area contributed by atoms with Crippen LogP contribution in [0.2, 0.25) is 0 Å². The maximum Gasteiger partial charge on any atom is 0.250 e. The molecule has 1 aliphatic rings. The normalized spacial score (nSPS) is 18.7. The second-order valence-corrected chi connectivity index (χ2v) is 3.89. The first-order valence-corrected chi connectivity index (χ1v) is 5.28. The Bertz CT molecular complexity index is 122. The van der Waals surface area contributed by atoms with Gasteiger partial charge in [0.05, 0.1) is 6.54 Å². The van der Waals surface area contributed by atoms with E-state index in [1.165, 1.54) is 32.1 Å². The summed E-state index contributed by atoms with van der Waals surface area (Å²) in [5.41, 5.74) is 0. The number of rotatable bonds is 6. The minimum atomic E-state index is -2.20. The largest absolute Gasteiger partial charge is 0.311 e. The molecule has 0 unspecified atom stereocenters. The van der Waals surface area contributed by atoms with Crippen molar-refractivity contribution >= 4 is 0 Å². The van der Waals surface area contributed by atoms with Gasteiger partial charge in [0.25, 0.3) is 6.43 Å². The van der Waals surface area contributed by atoms with Crippen LogP contribution in [0.15, 0.2) is 0 Å². The Labute approximate surface area is 78.9 Å². The molecule has 1 nitrogen and oxygen atoms in total. The quantitative estimate of drug-likeness (QED) is 0.636. The predicted octanol–water partition coefficient (Wildman–Crippen LogP) is 2.81.